The Bertz CT molecular complexity index is 1330. The van der Waals surface area contributed by atoms with Crippen LogP contribution >= 0.6 is 23.2 Å². The molecule has 1 aliphatic rings. The molecule has 3 N–H and O–H groups in total. The summed E-state index contributed by atoms with van der Waals surface area (Å²) in [5.74, 6) is 1.61. The van der Waals surface area contributed by atoms with Crippen LogP contribution < -0.4 is 16.0 Å². The van der Waals surface area contributed by atoms with Crippen LogP contribution in [0.5, 0.6) is 0 Å². The maximum Gasteiger partial charge on any atom is 0.229 e. The minimum absolute atomic E-state index is 0.434. The summed E-state index contributed by atoms with van der Waals surface area (Å²) in [6.45, 7) is 7.07. The number of benzene rings is 2. The number of hydrogen-bond donors (Lipinski definition) is 3. The molecule has 0 atom stereocenters. The average Bonchev–Trinajstić information content (AvgIpc) is 3.26. The molecule has 0 amide bonds. The van der Waals surface area contributed by atoms with E-state index in [1.165, 1.54) is 11.1 Å². The highest BCUT2D eigenvalue weighted by molar-refractivity contribution is 6.35. The molecule has 0 bridgehead atoms. The largest absolute Gasteiger partial charge is 0.340 e. The van der Waals surface area contributed by atoms with E-state index in [1.54, 1.807) is 24.4 Å². The van der Waals surface area contributed by atoms with Crippen LogP contribution in [-0.2, 0) is 19.5 Å². The zero-order valence-corrected chi connectivity index (χ0v) is 21.2. The van der Waals surface area contributed by atoms with Gasteiger partial charge < -0.3 is 16.0 Å². The Morgan fingerprint density at radius 2 is 1.83 bits per heavy atom. The van der Waals surface area contributed by atoms with Gasteiger partial charge in [-0.25, -0.2) is 4.98 Å². The molecule has 0 saturated heterocycles. The number of halogens is 2. The van der Waals surface area contributed by atoms with Crippen LogP contribution in [0.3, 0.4) is 0 Å². The lowest BCUT2D eigenvalue weighted by Gasteiger charge is -2.19. The lowest BCUT2D eigenvalue weighted by molar-refractivity contribution is 0.483. The lowest BCUT2D eigenvalue weighted by Crippen LogP contribution is -2.23. The fraction of sp³-hybridized carbons (Fsp3) is 0.269. The minimum Gasteiger partial charge on any atom is -0.340 e. The first-order valence-corrected chi connectivity index (χ1v) is 12.4. The second kappa shape index (κ2) is 10.2. The fourth-order valence-corrected chi connectivity index (χ4v) is 4.70. The standard InChI is InChI=1S/C26H27Cl2N7/c1-16(2)14-35-15-19(12-31-35)24-13-30-26(33-23-9-20(27)8-21(28)10-23)34-25(24)32-22-4-3-17-5-6-29-11-18(17)7-22/h3-4,7-10,12-13,15-16,29H,5-6,11,14H2,1-2H3,(H2,30,32,33,34). The predicted octanol–water partition coefficient (Wildman–Crippen LogP) is 6.44. The molecule has 0 unspecified atom stereocenters. The topological polar surface area (TPSA) is 79.7 Å². The molecular formula is C26H27Cl2N7. The van der Waals surface area contributed by atoms with E-state index in [1.807, 2.05) is 17.1 Å². The molecule has 9 heteroatoms. The third-order valence-corrected chi connectivity index (χ3v) is 6.20. The van der Waals surface area contributed by atoms with Crippen molar-refractivity contribution in [3.8, 4) is 11.1 Å². The smallest absolute Gasteiger partial charge is 0.229 e. The van der Waals surface area contributed by atoms with Crippen molar-refractivity contribution in [3.05, 3.63) is 76.2 Å². The normalized spacial score (nSPS) is 13.1. The van der Waals surface area contributed by atoms with Crippen LogP contribution in [0.25, 0.3) is 11.1 Å². The van der Waals surface area contributed by atoms with E-state index in [0.717, 1.165) is 42.9 Å². The number of fused-ring (bicyclic) bond motifs is 1. The average molecular weight is 508 g/mol. The van der Waals surface area contributed by atoms with Crippen LogP contribution in [-0.4, -0.2) is 26.3 Å². The van der Waals surface area contributed by atoms with Crippen LogP contribution in [0.2, 0.25) is 10.0 Å². The van der Waals surface area contributed by atoms with Gasteiger partial charge in [0.1, 0.15) is 5.82 Å². The molecule has 0 aliphatic carbocycles. The summed E-state index contributed by atoms with van der Waals surface area (Å²) in [7, 11) is 0. The molecule has 0 fully saturated rings. The number of nitrogens with one attached hydrogen (secondary N) is 3. The molecule has 2 aromatic heterocycles. The molecule has 0 radical (unpaired) electrons. The minimum atomic E-state index is 0.434. The first kappa shape index (κ1) is 23.6. The molecule has 7 nitrogen and oxygen atoms in total. The molecule has 180 valence electrons. The molecular weight excluding hydrogens is 481 g/mol. The van der Waals surface area contributed by atoms with E-state index in [9.17, 15) is 0 Å². The SMILES string of the molecule is CC(C)Cn1cc(-c2cnc(Nc3cc(Cl)cc(Cl)c3)nc2Nc2ccc3c(c2)CNCC3)cn1. The van der Waals surface area contributed by atoms with Gasteiger partial charge in [-0.3, -0.25) is 4.68 Å². The van der Waals surface area contributed by atoms with Gasteiger partial charge in [0.15, 0.2) is 0 Å². The van der Waals surface area contributed by atoms with Gasteiger partial charge in [-0.05, 0) is 60.3 Å². The van der Waals surface area contributed by atoms with Gasteiger partial charge in [0.2, 0.25) is 5.95 Å². The van der Waals surface area contributed by atoms with Gasteiger partial charge in [0.25, 0.3) is 0 Å². The molecule has 0 saturated carbocycles. The van der Waals surface area contributed by atoms with Gasteiger partial charge in [0.05, 0.1) is 6.20 Å². The third kappa shape index (κ3) is 5.75. The summed E-state index contributed by atoms with van der Waals surface area (Å²) in [6.07, 6.45) is 6.73. The maximum absolute atomic E-state index is 6.16. The molecule has 35 heavy (non-hydrogen) atoms. The summed E-state index contributed by atoms with van der Waals surface area (Å²) < 4.78 is 1.95. The molecule has 0 spiro atoms. The summed E-state index contributed by atoms with van der Waals surface area (Å²) in [4.78, 5) is 9.37. The Kier molecular flexibility index (Phi) is 6.90. The van der Waals surface area contributed by atoms with E-state index in [0.29, 0.717) is 33.4 Å². The van der Waals surface area contributed by atoms with Crippen molar-refractivity contribution < 1.29 is 0 Å². The second-order valence-corrected chi connectivity index (χ2v) is 9.99. The summed E-state index contributed by atoms with van der Waals surface area (Å²) >= 11 is 12.3. The monoisotopic (exact) mass is 507 g/mol. The third-order valence-electron chi connectivity index (χ3n) is 5.76. The number of aromatic nitrogens is 4. The summed E-state index contributed by atoms with van der Waals surface area (Å²) in [5, 5.41) is 15.8. The highest BCUT2D eigenvalue weighted by Gasteiger charge is 2.15. The Labute approximate surface area is 214 Å². The second-order valence-electron chi connectivity index (χ2n) is 9.12. The highest BCUT2D eigenvalue weighted by atomic mass is 35.5. The van der Waals surface area contributed by atoms with E-state index in [4.69, 9.17) is 28.2 Å². The highest BCUT2D eigenvalue weighted by Crippen LogP contribution is 2.31. The quantitative estimate of drug-likeness (QED) is 0.267. The molecule has 2 aromatic carbocycles. The van der Waals surface area contributed by atoms with Gasteiger partial charge in [0, 0.05) is 58.0 Å². The maximum atomic E-state index is 6.16. The molecule has 4 aromatic rings. The Balaban J connectivity index is 1.50. The first-order valence-electron chi connectivity index (χ1n) is 11.7. The van der Waals surface area contributed by atoms with Gasteiger partial charge in [-0.15, -0.1) is 0 Å². The van der Waals surface area contributed by atoms with Crippen molar-refractivity contribution >= 4 is 46.3 Å². The number of anilines is 4. The molecule has 3 heterocycles. The van der Waals surface area contributed by atoms with Crippen molar-refractivity contribution in [1.29, 1.82) is 0 Å². The van der Waals surface area contributed by atoms with Crippen LogP contribution in [0.15, 0.2) is 55.0 Å². The van der Waals surface area contributed by atoms with E-state index >= 15 is 0 Å². The lowest BCUT2D eigenvalue weighted by atomic mass is 10.0. The van der Waals surface area contributed by atoms with E-state index in [-0.39, 0.29) is 0 Å². The Morgan fingerprint density at radius 1 is 1.00 bits per heavy atom. The fourth-order valence-electron chi connectivity index (χ4n) is 4.18. The summed E-state index contributed by atoms with van der Waals surface area (Å²) in [5.41, 5.74) is 6.18. The molecule has 5 rings (SSSR count). The number of rotatable bonds is 7. The Hall–Kier alpha value is -3.13. The van der Waals surface area contributed by atoms with Crippen molar-refractivity contribution in [3.63, 3.8) is 0 Å². The number of hydrogen-bond acceptors (Lipinski definition) is 6. The van der Waals surface area contributed by atoms with Crippen molar-refractivity contribution in [1.82, 2.24) is 25.1 Å². The van der Waals surface area contributed by atoms with Gasteiger partial charge >= 0.3 is 0 Å². The van der Waals surface area contributed by atoms with Crippen LogP contribution in [0.4, 0.5) is 23.1 Å². The van der Waals surface area contributed by atoms with Crippen molar-refractivity contribution in [2.45, 2.75) is 33.4 Å². The Morgan fingerprint density at radius 3 is 2.63 bits per heavy atom. The van der Waals surface area contributed by atoms with Crippen molar-refractivity contribution in [2.75, 3.05) is 17.2 Å². The van der Waals surface area contributed by atoms with Crippen LogP contribution in [0.1, 0.15) is 25.0 Å². The predicted molar refractivity (Wildman–Crippen MR) is 143 cm³/mol. The van der Waals surface area contributed by atoms with E-state index in [2.05, 4.69) is 58.1 Å². The number of nitrogens with zero attached hydrogens (tertiary/aromatic N) is 4. The van der Waals surface area contributed by atoms with Crippen molar-refractivity contribution in [2.24, 2.45) is 5.92 Å². The first-order chi connectivity index (χ1) is 16.9. The zero-order valence-electron chi connectivity index (χ0n) is 19.6. The zero-order chi connectivity index (χ0) is 24.4. The van der Waals surface area contributed by atoms with Crippen LogP contribution in [0, 0.1) is 5.92 Å². The van der Waals surface area contributed by atoms with Gasteiger partial charge in [-0.2, -0.15) is 10.1 Å². The van der Waals surface area contributed by atoms with E-state index < -0.39 is 0 Å². The molecule has 1 aliphatic heterocycles. The summed E-state index contributed by atoms with van der Waals surface area (Å²) in [6, 6.07) is 11.7. The van der Waals surface area contributed by atoms with Gasteiger partial charge in [-0.1, -0.05) is 43.1 Å².